The second kappa shape index (κ2) is 7.13. The number of carbonyl (C=O) groups excluding carboxylic acids is 2. The third kappa shape index (κ3) is 3.14. The number of rotatable bonds is 1. The predicted molar refractivity (Wildman–Crippen MR) is 92.9 cm³/mol. The van der Waals surface area contributed by atoms with Crippen LogP contribution in [0.15, 0.2) is 11.6 Å². The molecule has 0 aromatic heterocycles. The monoisotopic (exact) mass is 447 g/mol. The van der Waals surface area contributed by atoms with Crippen LogP contribution in [0.1, 0.15) is 41.0 Å². The van der Waals surface area contributed by atoms with Crippen molar-refractivity contribution in [3.8, 4) is 0 Å². The molecule has 6 unspecified atom stereocenters. The number of aliphatic hydroxyl groups is 2. The Labute approximate surface area is 170 Å². The highest BCUT2D eigenvalue weighted by Crippen LogP contribution is 2.42. The second-order valence-electron chi connectivity index (χ2n) is 8.61. The van der Waals surface area contributed by atoms with E-state index in [9.17, 15) is 19.8 Å². The molecule has 3 aliphatic rings. The van der Waals surface area contributed by atoms with Crippen LogP contribution in [0.4, 0.5) is 0 Å². The van der Waals surface area contributed by atoms with Crippen LogP contribution in [0.2, 0.25) is 0 Å². The van der Waals surface area contributed by atoms with Crippen LogP contribution < -0.4 is 17.0 Å². The Balaban J connectivity index is 0.00000261. The van der Waals surface area contributed by atoms with E-state index >= 15 is 0 Å². The summed E-state index contributed by atoms with van der Waals surface area (Å²) in [7, 11) is 0. The summed E-state index contributed by atoms with van der Waals surface area (Å²) in [5.41, 5.74) is -3.32. The number of cyclic esters (lactones) is 1. The van der Waals surface area contributed by atoms with E-state index in [0.717, 1.165) is 29.6 Å². The first-order valence-electron chi connectivity index (χ1n) is 9.33. The summed E-state index contributed by atoms with van der Waals surface area (Å²) in [5, 5.41) is 21.4. The third-order valence-corrected chi connectivity index (χ3v) is 7.06. The van der Waals surface area contributed by atoms with E-state index in [1.807, 2.05) is 0 Å². The summed E-state index contributed by atoms with van der Waals surface area (Å²) in [5.74, 6) is -2.63. The van der Waals surface area contributed by atoms with E-state index < -0.39 is 29.1 Å². The van der Waals surface area contributed by atoms with E-state index in [2.05, 4.69) is 19.9 Å². The van der Waals surface area contributed by atoms with E-state index in [-0.39, 0.29) is 35.7 Å². The van der Waals surface area contributed by atoms with Gasteiger partial charge in [0.15, 0.2) is 17.7 Å². The maximum Gasteiger partial charge on any atom is 0.341 e. The SMILES string of the molecule is CC1C(=O)OC2CC[N+]3(C(C)C)CC=C(COC(=O)C(C)(O)C1(C)O)C23.[Br-]. The van der Waals surface area contributed by atoms with Gasteiger partial charge in [0.2, 0.25) is 0 Å². The molecule has 7 nitrogen and oxygen atoms in total. The lowest BCUT2D eigenvalue weighted by Gasteiger charge is -2.40. The fraction of sp³-hybridized carbons (Fsp3) is 0.789. The van der Waals surface area contributed by atoms with Crippen LogP contribution >= 0.6 is 0 Å². The standard InChI is InChI=1S/C19H30NO6.BrH/c1-11(2)20-8-6-13-10-25-17(22)19(5,24)18(4,23)12(3)16(21)26-14(7-9-20)15(13)20;/h6,11-12,14-15,23-24H,7-10H2,1-5H3;1H/q+1;/p-1. The first-order valence-corrected chi connectivity index (χ1v) is 9.33. The normalized spacial score (nSPS) is 44.6. The van der Waals surface area contributed by atoms with Gasteiger partial charge < -0.3 is 41.2 Å². The van der Waals surface area contributed by atoms with Crippen molar-refractivity contribution in [1.82, 2.24) is 0 Å². The molecule has 2 saturated heterocycles. The van der Waals surface area contributed by atoms with Crippen molar-refractivity contribution >= 4 is 11.9 Å². The average Bonchev–Trinajstić information content (AvgIpc) is 3.10. The Morgan fingerprint density at radius 1 is 1.26 bits per heavy atom. The lowest BCUT2D eigenvalue weighted by atomic mass is 9.76. The van der Waals surface area contributed by atoms with Gasteiger partial charge in [-0.3, -0.25) is 4.79 Å². The van der Waals surface area contributed by atoms with Gasteiger partial charge in [0.05, 0.1) is 25.0 Å². The zero-order valence-electron chi connectivity index (χ0n) is 16.6. The lowest BCUT2D eigenvalue weighted by molar-refractivity contribution is -0.945. The minimum atomic E-state index is -2.23. The van der Waals surface area contributed by atoms with Gasteiger partial charge in [0.25, 0.3) is 0 Å². The molecule has 0 saturated carbocycles. The Morgan fingerprint density at radius 3 is 2.48 bits per heavy atom. The van der Waals surface area contributed by atoms with Crippen LogP contribution in [0.25, 0.3) is 0 Å². The van der Waals surface area contributed by atoms with Gasteiger partial charge in [-0.15, -0.1) is 0 Å². The largest absolute Gasteiger partial charge is 1.00 e. The maximum atomic E-state index is 12.7. The van der Waals surface area contributed by atoms with Crippen LogP contribution in [0.3, 0.4) is 0 Å². The zero-order chi connectivity index (χ0) is 19.5. The predicted octanol–water partition coefficient (Wildman–Crippen LogP) is -2.47. The first kappa shape index (κ1) is 22.3. The van der Waals surface area contributed by atoms with Gasteiger partial charge >= 0.3 is 11.9 Å². The summed E-state index contributed by atoms with van der Waals surface area (Å²) in [6, 6.07) is 0.286. The Bertz CT molecular complexity index is 659. The maximum absolute atomic E-state index is 12.7. The minimum absolute atomic E-state index is 0. The minimum Gasteiger partial charge on any atom is -1.00 e. The number of hydrogen-bond donors (Lipinski definition) is 2. The van der Waals surface area contributed by atoms with Gasteiger partial charge in [0.1, 0.15) is 12.2 Å². The summed E-state index contributed by atoms with van der Waals surface area (Å²) in [6.07, 6.45) is 2.47. The highest BCUT2D eigenvalue weighted by atomic mass is 79.9. The number of carbonyl (C=O) groups is 2. The van der Waals surface area contributed by atoms with Crippen molar-refractivity contribution in [3.05, 3.63) is 11.6 Å². The molecule has 0 aromatic rings. The van der Waals surface area contributed by atoms with Crippen LogP contribution in [0.5, 0.6) is 0 Å². The Hall–Kier alpha value is -0.960. The molecule has 2 N–H and O–H groups in total. The molecule has 0 bridgehead atoms. The smallest absolute Gasteiger partial charge is 0.341 e. The third-order valence-electron chi connectivity index (χ3n) is 7.06. The molecule has 27 heavy (non-hydrogen) atoms. The van der Waals surface area contributed by atoms with Crippen molar-refractivity contribution in [3.63, 3.8) is 0 Å². The van der Waals surface area contributed by atoms with Gasteiger partial charge in [-0.1, -0.05) is 0 Å². The summed E-state index contributed by atoms with van der Waals surface area (Å²) < 4.78 is 12.0. The van der Waals surface area contributed by atoms with E-state index in [4.69, 9.17) is 9.47 Å². The molecule has 6 atom stereocenters. The van der Waals surface area contributed by atoms with Crippen LogP contribution in [0, 0.1) is 5.92 Å². The van der Waals surface area contributed by atoms with Crippen molar-refractivity contribution in [1.29, 1.82) is 0 Å². The quantitative estimate of drug-likeness (QED) is 0.263. The molecule has 3 rings (SSSR count). The zero-order valence-corrected chi connectivity index (χ0v) is 18.2. The van der Waals surface area contributed by atoms with Crippen LogP contribution in [-0.4, -0.2) is 75.7 Å². The van der Waals surface area contributed by atoms with Gasteiger partial charge in [-0.2, -0.15) is 0 Å². The van der Waals surface area contributed by atoms with E-state index in [1.165, 1.54) is 20.8 Å². The van der Waals surface area contributed by atoms with Crippen molar-refractivity contribution in [2.24, 2.45) is 5.92 Å². The molecular formula is C19H30BrNO6. The lowest BCUT2D eigenvalue weighted by Crippen LogP contribution is -3.00. The average molecular weight is 448 g/mol. The number of hydrogen-bond acceptors (Lipinski definition) is 6. The highest BCUT2D eigenvalue weighted by Gasteiger charge is 2.59. The van der Waals surface area contributed by atoms with E-state index in [0.29, 0.717) is 6.04 Å². The summed E-state index contributed by atoms with van der Waals surface area (Å²) >= 11 is 0. The van der Waals surface area contributed by atoms with Crippen molar-refractivity contribution in [2.75, 3.05) is 19.7 Å². The molecule has 0 spiro atoms. The fourth-order valence-corrected chi connectivity index (χ4v) is 4.63. The molecule has 0 aromatic carbocycles. The molecule has 8 heteroatoms. The van der Waals surface area contributed by atoms with Crippen molar-refractivity contribution < 1.29 is 50.7 Å². The highest BCUT2D eigenvalue weighted by molar-refractivity contribution is 5.83. The molecular weight excluding hydrogens is 418 g/mol. The second-order valence-corrected chi connectivity index (χ2v) is 8.61. The molecule has 3 heterocycles. The fourth-order valence-electron chi connectivity index (χ4n) is 4.63. The molecule has 2 fully saturated rings. The summed E-state index contributed by atoms with van der Waals surface area (Å²) in [4.78, 5) is 25.2. The van der Waals surface area contributed by atoms with E-state index in [1.54, 1.807) is 0 Å². The molecule has 0 aliphatic carbocycles. The topological polar surface area (TPSA) is 93.1 Å². The number of esters is 2. The molecule has 0 amide bonds. The molecule has 0 radical (unpaired) electrons. The summed E-state index contributed by atoms with van der Waals surface area (Å²) in [6.45, 7) is 9.94. The van der Waals surface area contributed by atoms with Gasteiger partial charge in [-0.25, -0.2) is 4.79 Å². The molecule has 154 valence electrons. The number of quaternary nitrogens is 1. The number of nitrogens with zero attached hydrogens (tertiary/aromatic N) is 1. The molecule has 3 aliphatic heterocycles. The van der Waals surface area contributed by atoms with Gasteiger partial charge in [-0.05, 0) is 40.7 Å². The van der Waals surface area contributed by atoms with Crippen molar-refractivity contribution in [2.45, 2.75) is 70.4 Å². The number of halogens is 1. The Kier molecular flexibility index (Phi) is 5.90. The number of ether oxygens (including phenoxy) is 2. The van der Waals surface area contributed by atoms with Gasteiger partial charge in [0, 0.05) is 12.0 Å². The van der Waals surface area contributed by atoms with Crippen LogP contribution in [-0.2, 0) is 19.1 Å². The Morgan fingerprint density at radius 2 is 1.89 bits per heavy atom. The first-order chi connectivity index (χ1) is 11.9.